The average molecular weight is 483 g/mol. The monoisotopic (exact) mass is 483 g/mol. The zero-order chi connectivity index (χ0) is 24.4. The van der Waals surface area contributed by atoms with E-state index >= 15 is 0 Å². The Hall–Kier alpha value is -2.58. The van der Waals surface area contributed by atoms with Crippen molar-refractivity contribution >= 4 is 28.2 Å². The van der Waals surface area contributed by atoms with E-state index in [1.54, 1.807) is 0 Å². The second-order valence-electron chi connectivity index (χ2n) is 8.60. The van der Waals surface area contributed by atoms with Crippen molar-refractivity contribution in [2.24, 2.45) is 0 Å². The Balaban J connectivity index is 1.82. The summed E-state index contributed by atoms with van der Waals surface area (Å²) in [5, 5.41) is 3.35. The van der Waals surface area contributed by atoms with Gasteiger partial charge >= 0.3 is 13.3 Å². The van der Waals surface area contributed by atoms with Gasteiger partial charge in [0.25, 0.3) is 11.6 Å². The molecule has 4 rings (SSSR count). The summed E-state index contributed by atoms with van der Waals surface area (Å²) in [7, 11) is -4.64. The minimum absolute atomic E-state index is 0.0174. The molecule has 33 heavy (non-hydrogen) atoms. The lowest BCUT2D eigenvalue weighted by molar-refractivity contribution is -0.144. The molecule has 9 nitrogen and oxygen atoms in total. The summed E-state index contributed by atoms with van der Waals surface area (Å²) in [6, 6.07) is 2.73. The van der Waals surface area contributed by atoms with Crippen molar-refractivity contribution in [2.75, 3.05) is 5.75 Å². The molecule has 4 heterocycles. The molecule has 0 bridgehead atoms. The molecular weight excluding hydrogens is 462 g/mol. The van der Waals surface area contributed by atoms with Crippen molar-refractivity contribution in [2.45, 2.75) is 56.9 Å². The molecule has 0 atom stereocenters. The summed E-state index contributed by atoms with van der Waals surface area (Å²) in [5.41, 5.74) is -0.868. The van der Waals surface area contributed by atoms with E-state index in [1.807, 2.05) is 27.7 Å². The van der Waals surface area contributed by atoms with Gasteiger partial charge in [0.05, 0.1) is 27.5 Å². The predicted molar refractivity (Wildman–Crippen MR) is 112 cm³/mol. The highest BCUT2D eigenvalue weighted by Gasteiger charge is 2.52. The van der Waals surface area contributed by atoms with Crippen molar-refractivity contribution in [3.63, 3.8) is 0 Å². The number of rotatable bonds is 4. The standard InChI is InChI=1S/C19H21BF3N5O4S/c1-6-33(29,30)13-9-11(20-31-17(2,3)18(4,5)32-20)10-24-14(13)12-7-8-28-16(25-12)26-15(27-28)19(21,22)23/h7-10H,6H2,1-5H3. The lowest BCUT2D eigenvalue weighted by Gasteiger charge is -2.32. The zero-order valence-corrected chi connectivity index (χ0v) is 19.3. The van der Waals surface area contributed by atoms with Crippen molar-refractivity contribution in [1.29, 1.82) is 0 Å². The SMILES string of the molecule is CCS(=O)(=O)c1cc(B2OC(C)(C)C(C)(C)O2)cnc1-c1ccn2nc(C(F)(F)F)nc2n1. The zero-order valence-electron chi connectivity index (χ0n) is 18.5. The van der Waals surface area contributed by atoms with Crippen molar-refractivity contribution < 1.29 is 30.9 Å². The molecular formula is C19H21BF3N5O4S. The lowest BCUT2D eigenvalue weighted by Crippen LogP contribution is -2.41. The van der Waals surface area contributed by atoms with Crippen LogP contribution in [0.1, 0.15) is 40.4 Å². The number of hydrogen-bond acceptors (Lipinski definition) is 8. The van der Waals surface area contributed by atoms with Gasteiger partial charge in [0.1, 0.15) is 5.69 Å². The van der Waals surface area contributed by atoms with Gasteiger partial charge in [-0.2, -0.15) is 18.2 Å². The largest absolute Gasteiger partial charge is 0.496 e. The minimum atomic E-state index is -4.74. The summed E-state index contributed by atoms with van der Waals surface area (Å²) < 4.78 is 77.4. The normalized spacial score (nSPS) is 18.2. The Morgan fingerprint density at radius 3 is 2.33 bits per heavy atom. The fourth-order valence-electron chi connectivity index (χ4n) is 3.18. The summed E-state index contributed by atoms with van der Waals surface area (Å²) in [6.45, 7) is 8.94. The molecule has 3 aromatic rings. The first kappa shape index (κ1) is 23.6. The van der Waals surface area contributed by atoms with Crippen LogP contribution in [0.5, 0.6) is 0 Å². The van der Waals surface area contributed by atoms with Gasteiger partial charge in [-0.15, -0.1) is 5.10 Å². The molecule has 1 aliphatic heterocycles. The fraction of sp³-hybridized carbons (Fsp3) is 0.474. The molecule has 176 valence electrons. The molecule has 0 unspecified atom stereocenters. The van der Waals surface area contributed by atoms with Crippen LogP contribution in [-0.4, -0.2) is 57.1 Å². The molecule has 0 radical (unpaired) electrons. The van der Waals surface area contributed by atoms with Crippen molar-refractivity contribution in [3.8, 4) is 11.4 Å². The van der Waals surface area contributed by atoms with Crippen molar-refractivity contribution in [1.82, 2.24) is 24.6 Å². The highest BCUT2D eigenvalue weighted by atomic mass is 32.2. The van der Waals surface area contributed by atoms with Gasteiger partial charge in [-0.25, -0.2) is 17.9 Å². The second kappa shape index (κ2) is 7.47. The third-order valence-corrected chi connectivity index (χ3v) is 7.56. The van der Waals surface area contributed by atoms with E-state index in [4.69, 9.17) is 9.31 Å². The number of aromatic nitrogens is 5. The molecule has 0 N–H and O–H groups in total. The summed E-state index contributed by atoms with van der Waals surface area (Å²) >= 11 is 0. The molecule has 1 saturated heterocycles. The van der Waals surface area contributed by atoms with E-state index in [1.165, 1.54) is 31.5 Å². The molecule has 0 saturated carbocycles. The first-order chi connectivity index (χ1) is 15.1. The number of pyridine rings is 1. The van der Waals surface area contributed by atoms with Gasteiger partial charge in [0.15, 0.2) is 9.84 Å². The summed E-state index contributed by atoms with van der Waals surface area (Å²) in [4.78, 5) is 11.6. The van der Waals surface area contributed by atoms with Crippen LogP contribution in [0.25, 0.3) is 17.2 Å². The van der Waals surface area contributed by atoms with Crippen LogP contribution in [0, 0.1) is 0 Å². The lowest BCUT2D eigenvalue weighted by atomic mass is 9.80. The number of nitrogens with zero attached hydrogens (tertiary/aromatic N) is 5. The van der Waals surface area contributed by atoms with E-state index < -0.39 is 40.2 Å². The molecule has 0 aromatic carbocycles. The Bertz CT molecular complexity index is 1320. The van der Waals surface area contributed by atoms with Crippen LogP contribution >= 0.6 is 0 Å². The van der Waals surface area contributed by atoms with Crippen LogP contribution < -0.4 is 5.46 Å². The molecule has 0 aliphatic carbocycles. The molecule has 0 amide bonds. The van der Waals surface area contributed by atoms with Crippen LogP contribution in [0.2, 0.25) is 0 Å². The number of hydrogen-bond donors (Lipinski definition) is 0. The van der Waals surface area contributed by atoms with E-state index in [9.17, 15) is 21.6 Å². The van der Waals surface area contributed by atoms with Gasteiger partial charge < -0.3 is 9.31 Å². The average Bonchev–Trinajstić information content (AvgIpc) is 3.25. The first-order valence-electron chi connectivity index (χ1n) is 10.0. The highest BCUT2D eigenvalue weighted by Crippen LogP contribution is 2.37. The first-order valence-corrected chi connectivity index (χ1v) is 11.7. The topological polar surface area (TPSA) is 109 Å². The maximum Gasteiger partial charge on any atom is 0.496 e. The van der Waals surface area contributed by atoms with E-state index in [-0.39, 0.29) is 27.8 Å². The van der Waals surface area contributed by atoms with Gasteiger partial charge in [-0.05, 0) is 39.8 Å². The van der Waals surface area contributed by atoms with Gasteiger partial charge in [-0.3, -0.25) is 4.98 Å². The van der Waals surface area contributed by atoms with Crippen LogP contribution in [0.3, 0.4) is 0 Å². The summed E-state index contributed by atoms with van der Waals surface area (Å²) in [5.74, 6) is -1.91. The van der Waals surface area contributed by atoms with E-state index in [2.05, 4.69) is 20.1 Å². The number of sulfone groups is 1. The molecule has 3 aromatic heterocycles. The predicted octanol–water partition coefficient (Wildman–Crippen LogP) is 2.30. The van der Waals surface area contributed by atoms with E-state index in [0.29, 0.717) is 5.46 Å². The Morgan fingerprint density at radius 1 is 1.12 bits per heavy atom. The number of halogens is 3. The smallest absolute Gasteiger partial charge is 0.399 e. The Kier molecular flexibility index (Phi) is 5.34. The van der Waals surface area contributed by atoms with E-state index in [0.717, 1.165) is 4.52 Å². The Labute approximate surface area is 188 Å². The third kappa shape index (κ3) is 4.11. The maximum atomic E-state index is 12.9. The van der Waals surface area contributed by atoms with Gasteiger partial charge in [0, 0.05) is 17.9 Å². The maximum absolute atomic E-state index is 12.9. The number of fused-ring (bicyclic) bond motifs is 1. The van der Waals surface area contributed by atoms with Gasteiger partial charge in [-0.1, -0.05) is 6.92 Å². The molecule has 14 heteroatoms. The minimum Gasteiger partial charge on any atom is -0.399 e. The van der Waals surface area contributed by atoms with Crippen molar-refractivity contribution in [3.05, 3.63) is 30.4 Å². The highest BCUT2D eigenvalue weighted by molar-refractivity contribution is 7.91. The molecule has 1 fully saturated rings. The molecule has 0 spiro atoms. The number of alkyl halides is 3. The Morgan fingerprint density at radius 2 is 1.76 bits per heavy atom. The molecule has 1 aliphatic rings. The van der Waals surface area contributed by atoms with Crippen LogP contribution in [0.4, 0.5) is 13.2 Å². The van der Waals surface area contributed by atoms with Gasteiger partial charge in [0.2, 0.25) is 0 Å². The quantitative estimate of drug-likeness (QED) is 0.521. The van der Waals surface area contributed by atoms with Crippen LogP contribution in [0.15, 0.2) is 29.4 Å². The fourth-order valence-corrected chi connectivity index (χ4v) is 4.26. The van der Waals surface area contributed by atoms with Crippen LogP contribution in [-0.2, 0) is 25.3 Å². The second-order valence-corrected chi connectivity index (χ2v) is 10.8. The third-order valence-electron chi connectivity index (χ3n) is 5.82. The summed E-state index contributed by atoms with van der Waals surface area (Å²) in [6.07, 6.45) is -2.12.